The second-order valence-electron chi connectivity index (χ2n) is 4.79. The number of hydrogen-bond donors (Lipinski definition) is 1. The molecule has 1 aromatic heterocycles. The molecule has 0 aliphatic rings. The lowest BCUT2D eigenvalue weighted by atomic mass is 10.2. The normalized spacial score (nSPS) is 10.8. The fraction of sp³-hybridized carbons (Fsp3) is 0.375. The van der Waals surface area contributed by atoms with Crippen molar-refractivity contribution in [1.82, 2.24) is 14.9 Å². The Labute approximate surface area is 125 Å². The van der Waals surface area contributed by atoms with E-state index in [2.05, 4.69) is 27.0 Å². The number of aromatic amines is 1. The maximum atomic E-state index is 11.5. The number of carbonyl (C=O) groups is 1. The molecule has 5 heteroatoms. The number of benzene rings is 1. The van der Waals surface area contributed by atoms with Gasteiger partial charge in [-0.2, -0.15) is 0 Å². The van der Waals surface area contributed by atoms with Gasteiger partial charge in [-0.15, -0.1) is 0 Å². The molecule has 2 rings (SSSR count). The lowest BCUT2D eigenvalue weighted by molar-refractivity contribution is -0.143. The van der Waals surface area contributed by atoms with Crippen LogP contribution >= 0.6 is 0 Å². The van der Waals surface area contributed by atoms with Gasteiger partial charge < -0.3 is 9.72 Å². The van der Waals surface area contributed by atoms with Gasteiger partial charge in [0.05, 0.1) is 19.6 Å². The average Bonchev–Trinajstić information content (AvgIpc) is 2.99. The second kappa shape index (κ2) is 8.21. The van der Waals surface area contributed by atoms with Gasteiger partial charge in [0.2, 0.25) is 0 Å². The van der Waals surface area contributed by atoms with E-state index in [4.69, 9.17) is 4.74 Å². The van der Waals surface area contributed by atoms with Crippen molar-refractivity contribution in [3.63, 3.8) is 0 Å². The fourth-order valence-corrected chi connectivity index (χ4v) is 2.13. The Morgan fingerprint density at radius 2 is 2.10 bits per heavy atom. The monoisotopic (exact) mass is 287 g/mol. The van der Waals surface area contributed by atoms with E-state index >= 15 is 0 Å². The topological polar surface area (TPSA) is 58.2 Å². The molecular formula is C16H21N3O2. The molecule has 0 saturated carbocycles. The van der Waals surface area contributed by atoms with Crippen molar-refractivity contribution in [2.45, 2.75) is 26.4 Å². The first kappa shape index (κ1) is 15.3. The van der Waals surface area contributed by atoms with Gasteiger partial charge in [0.1, 0.15) is 5.82 Å². The van der Waals surface area contributed by atoms with Crippen LogP contribution in [0, 0.1) is 0 Å². The number of H-pyrrole nitrogens is 1. The first-order valence-corrected chi connectivity index (χ1v) is 7.18. The van der Waals surface area contributed by atoms with E-state index in [-0.39, 0.29) is 5.97 Å². The lowest BCUT2D eigenvalue weighted by Crippen LogP contribution is -2.26. The van der Waals surface area contributed by atoms with Crippen molar-refractivity contribution in [3.8, 4) is 0 Å². The molecule has 112 valence electrons. The quantitative estimate of drug-likeness (QED) is 0.757. The summed E-state index contributed by atoms with van der Waals surface area (Å²) < 4.78 is 4.99. The first-order valence-electron chi connectivity index (χ1n) is 7.18. The third-order valence-electron chi connectivity index (χ3n) is 3.11. The first-order chi connectivity index (χ1) is 10.3. The molecule has 0 fully saturated rings. The number of aromatic nitrogens is 2. The summed E-state index contributed by atoms with van der Waals surface area (Å²) in [5.74, 6) is 0.741. The van der Waals surface area contributed by atoms with Crippen LogP contribution in [0.25, 0.3) is 0 Å². The van der Waals surface area contributed by atoms with Crippen LogP contribution in [0.4, 0.5) is 0 Å². The Morgan fingerprint density at radius 3 is 2.76 bits per heavy atom. The smallest absolute Gasteiger partial charge is 0.307 e. The van der Waals surface area contributed by atoms with Crippen molar-refractivity contribution in [2.24, 2.45) is 0 Å². The minimum Gasteiger partial charge on any atom is -0.466 e. The van der Waals surface area contributed by atoms with Crippen LogP contribution in [0.15, 0.2) is 42.7 Å². The standard InChI is InChI=1S/C16H21N3O2/c1-2-21-16(20)8-11-19(13-15-17-9-10-18-15)12-14-6-4-3-5-7-14/h3-7,9-10H,2,8,11-13H2,1H3,(H,17,18). The maximum Gasteiger partial charge on any atom is 0.307 e. The lowest BCUT2D eigenvalue weighted by Gasteiger charge is -2.21. The van der Waals surface area contributed by atoms with Crippen molar-refractivity contribution in [3.05, 3.63) is 54.1 Å². The van der Waals surface area contributed by atoms with Gasteiger partial charge in [-0.1, -0.05) is 30.3 Å². The molecule has 1 aromatic carbocycles. The van der Waals surface area contributed by atoms with Gasteiger partial charge in [0, 0.05) is 25.5 Å². The molecule has 21 heavy (non-hydrogen) atoms. The van der Waals surface area contributed by atoms with Crippen molar-refractivity contribution >= 4 is 5.97 Å². The molecule has 0 atom stereocenters. The molecule has 0 aliphatic heterocycles. The van der Waals surface area contributed by atoms with Gasteiger partial charge in [0.25, 0.3) is 0 Å². The molecule has 0 bridgehead atoms. The van der Waals surface area contributed by atoms with Crippen LogP contribution in [-0.2, 0) is 22.6 Å². The maximum absolute atomic E-state index is 11.5. The van der Waals surface area contributed by atoms with E-state index in [1.807, 2.05) is 25.1 Å². The predicted molar refractivity (Wildman–Crippen MR) is 80.4 cm³/mol. The van der Waals surface area contributed by atoms with E-state index in [1.165, 1.54) is 5.56 Å². The fourth-order valence-electron chi connectivity index (χ4n) is 2.13. The number of imidazole rings is 1. The number of nitrogens with one attached hydrogen (secondary N) is 1. The molecular weight excluding hydrogens is 266 g/mol. The van der Waals surface area contributed by atoms with Gasteiger partial charge >= 0.3 is 5.97 Å². The van der Waals surface area contributed by atoms with Crippen LogP contribution in [0.2, 0.25) is 0 Å². The average molecular weight is 287 g/mol. The summed E-state index contributed by atoms with van der Waals surface area (Å²) in [6.45, 7) is 4.36. The Morgan fingerprint density at radius 1 is 1.29 bits per heavy atom. The van der Waals surface area contributed by atoms with Gasteiger partial charge in [-0.25, -0.2) is 4.98 Å². The molecule has 1 N–H and O–H groups in total. The summed E-state index contributed by atoms with van der Waals surface area (Å²) in [6.07, 6.45) is 3.93. The minimum atomic E-state index is -0.157. The second-order valence-corrected chi connectivity index (χ2v) is 4.79. The van der Waals surface area contributed by atoms with Gasteiger partial charge in [-0.3, -0.25) is 9.69 Å². The van der Waals surface area contributed by atoms with Gasteiger partial charge in [-0.05, 0) is 12.5 Å². The molecule has 2 aromatic rings. The summed E-state index contributed by atoms with van der Waals surface area (Å²) >= 11 is 0. The molecule has 0 unspecified atom stereocenters. The number of esters is 1. The molecule has 1 heterocycles. The van der Waals surface area contributed by atoms with E-state index in [0.29, 0.717) is 26.1 Å². The molecule has 0 amide bonds. The molecule has 0 spiro atoms. The number of hydrogen-bond acceptors (Lipinski definition) is 4. The van der Waals surface area contributed by atoms with E-state index in [1.54, 1.807) is 12.4 Å². The highest BCUT2D eigenvalue weighted by Gasteiger charge is 2.11. The highest BCUT2D eigenvalue weighted by Crippen LogP contribution is 2.08. The molecule has 0 saturated heterocycles. The van der Waals surface area contributed by atoms with Crippen LogP contribution in [0.3, 0.4) is 0 Å². The predicted octanol–water partition coefficient (Wildman–Crippen LogP) is 2.37. The summed E-state index contributed by atoms with van der Waals surface area (Å²) in [5, 5.41) is 0. The van der Waals surface area contributed by atoms with Crippen molar-refractivity contribution in [1.29, 1.82) is 0 Å². The molecule has 0 aliphatic carbocycles. The van der Waals surface area contributed by atoms with Crippen LogP contribution in [-0.4, -0.2) is 34.0 Å². The number of nitrogens with zero attached hydrogens (tertiary/aromatic N) is 2. The minimum absolute atomic E-state index is 0.157. The molecule has 5 nitrogen and oxygen atoms in total. The van der Waals surface area contributed by atoms with Crippen LogP contribution in [0.1, 0.15) is 24.7 Å². The SMILES string of the molecule is CCOC(=O)CCN(Cc1ccccc1)Cc1ncc[nH]1. The van der Waals surface area contributed by atoms with Crippen molar-refractivity contribution in [2.75, 3.05) is 13.2 Å². The number of rotatable bonds is 8. The summed E-state index contributed by atoms with van der Waals surface area (Å²) in [4.78, 5) is 21.1. The highest BCUT2D eigenvalue weighted by atomic mass is 16.5. The van der Waals surface area contributed by atoms with Crippen LogP contribution < -0.4 is 0 Å². The Bertz CT molecular complexity index is 526. The van der Waals surface area contributed by atoms with Gasteiger partial charge in [0.15, 0.2) is 0 Å². The Kier molecular flexibility index (Phi) is 5.97. The number of ether oxygens (including phenoxy) is 1. The third-order valence-corrected chi connectivity index (χ3v) is 3.11. The highest BCUT2D eigenvalue weighted by molar-refractivity contribution is 5.69. The summed E-state index contributed by atoms with van der Waals surface area (Å²) in [7, 11) is 0. The zero-order chi connectivity index (χ0) is 14.9. The van der Waals surface area contributed by atoms with E-state index < -0.39 is 0 Å². The zero-order valence-corrected chi connectivity index (χ0v) is 12.3. The van der Waals surface area contributed by atoms with Crippen LogP contribution in [0.5, 0.6) is 0 Å². The number of carbonyl (C=O) groups excluding carboxylic acids is 1. The Balaban J connectivity index is 1.94. The Hall–Kier alpha value is -2.14. The summed E-state index contributed by atoms with van der Waals surface area (Å²) in [6, 6.07) is 10.2. The van der Waals surface area contributed by atoms with E-state index in [9.17, 15) is 4.79 Å². The van der Waals surface area contributed by atoms with E-state index in [0.717, 1.165) is 12.4 Å². The zero-order valence-electron chi connectivity index (χ0n) is 12.3. The third kappa shape index (κ3) is 5.39. The molecule has 0 radical (unpaired) electrons. The summed E-state index contributed by atoms with van der Waals surface area (Å²) in [5.41, 5.74) is 1.22. The largest absolute Gasteiger partial charge is 0.466 e. The van der Waals surface area contributed by atoms with Crippen molar-refractivity contribution < 1.29 is 9.53 Å².